The highest BCUT2D eigenvalue weighted by Crippen LogP contribution is 2.26. The number of thioether (sulfide) groups is 1. The Morgan fingerprint density at radius 2 is 1.91 bits per heavy atom. The van der Waals surface area contributed by atoms with Crippen LogP contribution in [0.5, 0.6) is 0 Å². The Bertz CT molecular complexity index is 644. The summed E-state index contributed by atoms with van der Waals surface area (Å²) < 4.78 is 1.07. The standard InChI is InChI=1S/C18H21BrN2OS/c1-13(20)10-11-21-18(22)16-4-2-3-5-17(16)23-12-14-6-8-15(19)9-7-14/h2-9,13H,10-12,20H2,1H3,(H,21,22). The molecule has 0 aliphatic heterocycles. The molecule has 1 unspecified atom stereocenters. The highest BCUT2D eigenvalue weighted by atomic mass is 79.9. The summed E-state index contributed by atoms with van der Waals surface area (Å²) in [5.41, 5.74) is 7.66. The Balaban J connectivity index is 1.99. The minimum absolute atomic E-state index is 0.0374. The van der Waals surface area contributed by atoms with Crippen molar-refractivity contribution in [3.63, 3.8) is 0 Å². The van der Waals surface area contributed by atoms with E-state index in [1.165, 1.54) is 5.56 Å². The van der Waals surface area contributed by atoms with Gasteiger partial charge in [-0.1, -0.05) is 40.2 Å². The molecular formula is C18H21BrN2OS. The van der Waals surface area contributed by atoms with Crippen LogP contribution in [0, 0.1) is 0 Å². The third-order valence-electron chi connectivity index (χ3n) is 3.32. The second-order valence-corrected chi connectivity index (χ2v) is 7.37. The fourth-order valence-electron chi connectivity index (χ4n) is 2.03. The van der Waals surface area contributed by atoms with Gasteiger partial charge in [-0.3, -0.25) is 4.79 Å². The Morgan fingerprint density at radius 3 is 2.61 bits per heavy atom. The summed E-state index contributed by atoms with van der Waals surface area (Å²) in [5, 5.41) is 2.94. The van der Waals surface area contributed by atoms with E-state index < -0.39 is 0 Å². The lowest BCUT2D eigenvalue weighted by Crippen LogP contribution is -2.29. The van der Waals surface area contributed by atoms with Gasteiger partial charge in [0.25, 0.3) is 5.91 Å². The van der Waals surface area contributed by atoms with Gasteiger partial charge in [0, 0.05) is 27.7 Å². The van der Waals surface area contributed by atoms with Crippen molar-refractivity contribution in [3.8, 4) is 0 Å². The molecule has 0 spiro atoms. The second kappa shape index (κ2) is 9.11. The first-order chi connectivity index (χ1) is 11.1. The van der Waals surface area contributed by atoms with Crippen molar-refractivity contribution < 1.29 is 4.79 Å². The molecule has 0 fully saturated rings. The molecule has 3 nitrogen and oxygen atoms in total. The number of nitrogens with one attached hydrogen (secondary N) is 1. The van der Waals surface area contributed by atoms with E-state index >= 15 is 0 Å². The highest BCUT2D eigenvalue weighted by Gasteiger charge is 2.11. The maximum atomic E-state index is 12.3. The van der Waals surface area contributed by atoms with Gasteiger partial charge in [-0.2, -0.15) is 0 Å². The molecule has 2 aromatic carbocycles. The fourth-order valence-corrected chi connectivity index (χ4v) is 3.30. The summed E-state index contributed by atoms with van der Waals surface area (Å²) in [6, 6.07) is 16.0. The molecule has 0 aliphatic carbocycles. The lowest BCUT2D eigenvalue weighted by atomic mass is 10.2. The summed E-state index contributed by atoms with van der Waals surface area (Å²) in [5.74, 6) is 0.793. The lowest BCUT2D eigenvalue weighted by molar-refractivity contribution is 0.0950. The molecule has 1 amide bonds. The van der Waals surface area contributed by atoms with Crippen LogP contribution in [-0.4, -0.2) is 18.5 Å². The van der Waals surface area contributed by atoms with E-state index in [2.05, 4.69) is 33.4 Å². The lowest BCUT2D eigenvalue weighted by Gasteiger charge is -2.11. The largest absolute Gasteiger partial charge is 0.352 e. The molecule has 23 heavy (non-hydrogen) atoms. The highest BCUT2D eigenvalue weighted by molar-refractivity contribution is 9.10. The number of amides is 1. The zero-order valence-corrected chi connectivity index (χ0v) is 15.5. The maximum Gasteiger partial charge on any atom is 0.252 e. The fraction of sp³-hybridized carbons (Fsp3) is 0.278. The normalized spacial score (nSPS) is 12.0. The van der Waals surface area contributed by atoms with Gasteiger partial charge in [0.1, 0.15) is 0 Å². The summed E-state index contributed by atoms with van der Waals surface area (Å²) in [6.45, 7) is 2.54. The minimum atomic E-state index is -0.0374. The molecule has 0 saturated heterocycles. The van der Waals surface area contributed by atoms with Crippen molar-refractivity contribution >= 4 is 33.6 Å². The first kappa shape index (κ1) is 18.0. The Morgan fingerprint density at radius 1 is 1.22 bits per heavy atom. The van der Waals surface area contributed by atoms with E-state index in [4.69, 9.17) is 5.73 Å². The SMILES string of the molecule is CC(N)CCNC(=O)c1ccccc1SCc1ccc(Br)cc1. The van der Waals surface area contributed by atoms with Crippen molar-refractivity contribution in [2.24, 2.45) is 5.73 Å². The van der Waals surface area contributed by atoms with Crippen LogP contribution >= 0.6 is 27.7 Å². The Kier molecular flexibility index (Phi) is 7.15. The van der Waals surface area contributed by atoms with Crippen LogP contribution in [0.1, 0.15) is 29.3 Å². The Labute approximate surface area is 150 Å². The zero-order chi connectivity index (χ0) is 16.7. The molecular weight excluding hydrogens is 372 g/mol. The minimum Gasteiger partial charge on any atom is -0.352 e. The summed E-state index contributed by atoms with van der Waals surface area (Å²) in [7, 11) is 0. The molecule has 0 radical (unpaired) electrons. The molecule has 0 saturated carbocycles. The van der Waals surface area contributed by atoms with Crippen LogP contribution in [0.25, 0.3) is 0 Å². The van der Waals surface area contributed by atoms with Gasteiger partial charge in [-0.05, 0) is 43.2 Å². The van der Waals surface area contributed by atoms with Gasteiger partial charge in [-0.15, -0.1) is 11.8 Å². The molecule has 3 N–H and O–H groups in total. The van der Waals surface area contributed by atoms with Crippen molar-refractivity contribution in [1.82, 2.24) is 5.32 Å². The number of hydrogen-bond donors (Lipinski definition) is 2. The molecule has 0 heterocycles. The van der Waals surface area contributed by atoms with E-state index in [0.29, 0.717) is 6.54 Å². The van der Waals surface area contributed by atoms with E-state index in [-0.39, 0.29) is 11.9 Å². The number of carbonyl (C=O) groups is 1. The first-order valence-electron chi connectivity index (χ1n) is 7.56. The third-order valence-corrected chi connectivity index (χ3v) is 5.00. The number of benzene rings is 2. The molecule has 5 heteroatoms. The molecule has 0 bridgehead atoms. The second-order valence-electron chi connectivity index (χ2n) is 5.43. The van der Waals surface area contributed by atoms with E-state index in [0.717, 1.165) is 27.1 Å². The van der Waals surface area contributed by atoms with Crippen LogP contribution in [0.15, 0.2) is 57.9 Å². The van der Waals surface area contributed by atoms with Gasteiger partial charge in [-0.25, -0.2) is 0 Å². The van der Waals surface area contributed by atoms with Gasteiger partial charge in [0.05, 0.1) is 5.56 Å². The van der Waals surface area contributed by atoms with Crippen molar-refractivity contribution in [2.75, 3.05) is 6.54 Å². The molecule has 1 atom stereocenters. The summed E-state index contributed by atoms with van der Waals surface area (Å²) >= 11 is 5.11. The summed E-state index contributed by atoms with van der Waals surface area (Å²) in [6.07, 6.45) is 0.778. The monoisotopic (exact) mass is 392 g/mol. The zero-order valence-electron chi connectivity index (χ0n) is 13.1. The topological polar surface area (TPSA) is 55.1 Å². The third kappa shape index (κ3) is 6.01. The van der Waals surface area contributed by atoms with E-state index in [9.17, 15) is 4.79 Å². The van der Waals surface area contributed by atoms with Crippen molar-refractivity contribution in [1.29, 1.82) is 0 Å². The molecule has 0 aliphatic rings. The van der Waals surface area contributed by atoms with Crippen LogP contribution in [0.2, 0.25) is 0 Å². The average molecular weight is 393 g/mol. The molecule has 0 aromatic heterocycles. The predicted octanol–water partition coefficient (Wildman–Crippen LogP) is 4.21. The predicted molar refractivity (Wildman–Crippen MR) is 101 cm³/mol. The van der Waals surface area contributed by atoms with Crippen LogP contribution in [0.3, 0.4) is 0 Å². The van der Waals surface area contributed by atoms with Crippen LogP contribution in [0.4, 0.5) is 0 Å². The molecule has 122 valence electrons. The van der Waals surface area contributed by atoms with E-state index in [1.54, 1.807) is 11.8 Å². The molecule has 2 rings (SSSR count). The van der Waals surface area contributed by atoms with Crippen LogP contribution in [-0.2, 0) is 5.75 Å². The van der Waals surface area contributed by atoms with Gasteiger partial charge >= 0.3 is 0 Å². The van der Waals surface area contributed by atoms with Gasteiger partial charge < -0.3 is 11.1 Å². The quantitative estimate of drug-likeness (QED) is 0.693. The van der Waals surface area contributed by atoms with Crippen molar-refractivity contribution in [3.05, 3.63) is 64.1 Å². The summed E-state index contributed by atoms with van der Waals surface area (Å²) in [4.78, 5) is 13.3. The Hall–Kier alpha value is -1.30. The van der Waals surface area contributed by atoms with E-state index in [1.807, 2.05) is 43.3 Å². The van der Waals surface area contributed by atoms with Gasteiger partial charge in [0.15, 0.2) is 0 Å². The number of halogens is 1. The molecule has 2 aromatic rings. The smallest absolute Gasteiger partial charge is 0.252 e. The van der Waals surface area contributed by atoms with Crippen LogP contribution < -0.4 is 11.1 Å². The maximum absolute atomic E-state index is 12.3. The van der Waals surface area contributed by atoms with Gasteiger partial charge in [0.2, 0.25) is 0 Å². The number of hydrogen-bond acceptors (Lipinski definition) is 3. The van der Waals surface area contributed by atoms with Crippen molar-refractivity contribution in [2.45, 2.75) is 30.0 Å². The number of nitrogens with two attached hydrogens (primary N) is 1. The number of carbonyl (C=O) groups excluding carboxylic acids is 1. The number of rotatable bonds is 7. The first-order valence-corrected chi connectivity index (χ1v) is 9.34. The average Bonchev–Trinajstić information content (AvgIpc) is 2.54.